The van der Waals surface area contributed by atoms with E-state index in [1.807, 2.05) is 0 Å². The van der Waals surface area contributed by atoms with E-state index in [0.29, 0.717) is 0 Å². The molecule has 0 fully saturated rings. The summed E-state index contributed by atoms with van der Waals surface area (Å²) in [6.07, 6.45) is -2.67. The minimum Gasteiger partial charge on any atom is -0.358 e. The molecule has 0 spiro atoms. The highest BCUT2D eigenvalue weighted by molar-refractivity contribution is 9.08. The van der Waals surface area contributed by atoms with E-state index in [2.05, 4.69) is 20.9 Å². The molecule has 15 heavy (non-hydrogen) atoms. The molecule has 0 saturated heterocycles. The zero-order valence-corrected chi connectivity index (χ0v) is 9.29. The quantitative estimate of drug-likeness (QED) is 0.486. The fourth-order valence-electron chi connectivity index (χ4n) is 1.13. The number of hydrogen-bond donors (Lipinski definition) is 0. The Labute approximate surface area is 92.6 Å². The second kappa shape index (κ2) is 4.61. The van der Waals surface area contributed by atoms with Crippen LogP contribution in [0.2, 0.25) is 0 Å². The van der Waals surface area contributed by atoms with Gasteiger partial charge in [0.05, 0.1) is 11.1 Å². The number of nitrogens with zero attached hydrogens (tertiary/aromatic N) is 2. The summed E-state index contributed by atoms with van der Waals surface area (Å²) in [6, 6.07) is 1.11. The van der Waals surface area contributed by atoms with Gasteiger partial charge in [0.25, 0.3) is 6.43 Å². The van der Waals surface area contributed by atoms with Gasteiger partial charge in [0, 0.05) is 12.3 Å². The Bertz CT molecular complexity index is 398. The first-order chi connectivity index (χ1) is 6.97. The molecule has 1 rings (SSSR count). The van der Waals surface area contributed by atoms with Gasteiger partial charge in [0.15, 0.2) is 5.69 Å². The Kier molecular flexibility index (Phi) is 3.67. The number of hydrogen-bond acceptors (Lipinski definition) is 3. The van der Waals surface area contributed by atoms with Gasteiger partial charge in [-0.05, 0) is 16.0 Å². The van der Waals surface area contributed by atoms with Crippen molar-refractivity contribution in [2.75, 3.05) is 0 Å². The summed E-state index contributed by atoms with van der Waals surface area (Å²) in [5.41, 5.74) is -0.127. The van der Waals surface area contributed by atoms with Crippen LogP contribution in [0.5, 0.6) is 0 Å². The van der Waals surface area contributed by atoms with Crippen LogP contribution in [-0.2, 0) is 5.33 Å². The monoisotopic (exact) mass is 280 g/mol. The molecule has 0 aliphatic rings. The Balaban J connectivity index is 3.35. The zero-order chi connectivity index (χ0) is 11.6. The van der Waals surface area contributed by atoms with E-state index in [-0.39, 0.29) is 28.0 Å². The van der Waals surface area contributed by atoms with Crippen molar-refractivity contribution in [1.29, 1.82) is 0 Å². The van der Waals surface area contributed by atoms with E-state index in [1.54, 1.807) is 0 Å². The van der Waals surface area contributed by atoms with Crippen molar-refractivity contribution in [2.45, 2.75) is 18.7 Å². The van der Waals surface area contributed by atoms with Crippen molar-refractivity contribution < 1.29 is 13.7 Å². The lowest BCUT2D eigenvalue weighted by Gasteiger charge is -2.04. The minimum absolute atomic E-state index is 0.0126. The lowest BCUT2D eigenvalue weighted by atomic mass is 10.1. The van der Waals surface area contributed by atoms with Gasteiger partial charge in [-0.25, -0.2) is 8.78 Å². The van der Waals surface area contributed by atoms with Crippen LogP contribution in [0.25, 0.3) is 0 Å². The van der Waals surface area contributed by atoms with Gasteiger partial charge in [0.2, 0.25) is 0 Å². The first kappa shape index (κ1) is 12.0. The summed E-state index contributed by atoms with van der Waals surface area (Å²) in [7, 11) is 0. The number of rotatable bonds is 3. The molecule has 0 N–H and O–H groups in total. The molecular weight excluding hydrogens is 274 g/mol. The molecule has 1 aromatic heterocycles. The van der Waals surface area contributed by atoms with E-state index in [0.717, 1.165) is 6.07 Å². The number of aromatic nitrogens is 1. The van der Waals surface area contributed by atoms with Crippen LogP contribution >= 0.6 is 15.9 Å². The molecule has 4 nitrogen and oxygen atoms in total. The van der Waals surface area contributed by atoms with Gasteiger partial charge < -0.3 is 10.1 Å². The third kappa shape index (κ3) is 2.47. The number of aryl methyl sites for hydroxylation is 1. The first-order valence-corrected chi connectivity index (χ1v) is 5.08. The maximum absolute atomic E-state index is 12.5. The van der Waals surface area contributed by atoms with E-state index in [1.165, 1.54) is 6.92 Å². The Morgan fingerprint density at radius 3 is 2.67 bits per heavy atom. The summed E-state index contributed by atoms with van der Waals surface area (Å²) < 4.78 is 24.9. The van der Waals surface area contributed by atoms with Crippen LogP contribution in [-0.4, -0.2) is 9.91 Å². The van der Waals surface area contributed by atoms with Gasteiger partial charge in [-0.2, -0.15) is 0 Å². The highest BCUT2D eigenvalue weighted by Crippen LogP contribution is 2.27. The SMILES string of the molecule is Cc1nc([N+](=O)[O-])c(CBr)cc1C(F)F. The standard InChI is InChI=1S/C8H7BrF2N2O2/c1-4-6(7(10)11)2-5(3-9)8(12-4)13(14)15/h2,7H,3H2,1H3. The van der Waals surface area contributed by atoms with Crippen molar-refractivity contribution in [3.8, 4) is 0 Å². The summed E-state index contributed by atoms with van der Waals surface area (Å²) >= 11 is 3.00. The topological polar surface area (TPSA) is 56.0 Å². The fraction of sp³-hybridized carbons (Fsp3) is 0.375. The second-order valence-corrected chi connectivity index (χ2v) is 3.40. The van der Waals surface area contributed by atoms with Crippen LogP contribution in [0.4, 0.5) is 14.6 Å². The van der Waals surface area contributed by atoms with E-state index in [4.69, 9.17) is 0 Å². The van der Waals surface area contributed by atoms with Gasteiger partial charge in [0.1, 0.15) is 0 Å². The first-order valence-electron chi connectivity index (χ1n) is 3.96. The van der Waals surface area contributed by atoms with Gasteiger partial charge >= 0.3 is 5.82 Å². The van der Waals surface area contributed by atoms with Crippen LogP contribution in [0.1, 0.15) is 23.2 Å². The molecule has 0 aliphatic carbocycles. The van der Waals surface area contributed by atoms with Crippen molar-refractivity contribution in [2.24, 2.45) is 0 Å². The predicted octanol–water partition coefficient (Wildman–Crippen LogP) is 3.13. The molecule has 0 radical (unpaired) electrons. The maximum Gasteiger partial charge on any atom is 0.367 e. The smallest absolute Gasteiger partial charge is 0.358 e. The Hall–Kier alpha value is -1.11. The van der Waals surface area contributed by atoms with Crippen molar-refractivity contribution in [3.05, 3.63) is 33.0 Å². The molecule has 0 saturated carbocycles. The molecule has 0 amide bonds. The molecule has 7 heteroatoms. The van der Waals surface area contributed by atoms with Crippen molar-refractivity contribution in [3.63, 3.8) is 0 Å². The predicted molar refractivity (Wildman–Crippen MR) is 53.2 cm³/mol. The molecule has 0 unspecified atom stereocenters. The number of nitro groups is 1. The minimum atomic E-state index is -2.67. The molecule has 82 valence electrons. The van der Waals surface area contributed by atoms with Gasteiger partial charge in [-0.1, -0.05) is 15.9 Å². The lowest BCUT2D eigenvalue weighted by molar-refractivity contribution is -0.390. The van der Waals surface area contributed by atoms with E-state index < -0.39 is 11.3 Å². The van der Waals surface area contributed by atoms with E-state index >= 15 is 0 Å². The molecule has 1 aromatic rings. The van der Waals surface area contributed by atoms with Crippen LogP contribution in [0, 0.1) is 17.0 Å². The largest absolute Gasteiger partial charge is 0.367 e. The summed E-state index contributed by atoms with van der Waals surface area (Å²) in [6.45, 7) is 1.33. The molecule has 1 heterocycles. The third-order valence-electron chi connectivity index (χ3n) is 1.86. The summed E-state index contributed by atoms with van der Waals surface area (Å²) in [5, 5.41) is 10.7. The van der Waals surface area contributed by atoms with Crippen LogP contribution in [0.15, 0.2) is 6.07 Å². The molecule has 0 aromatic carbocycles. The van der Waals surface area contributed by atoms with Crippen LogP contribution in [0.3, 0.4) is 0 Å². The normalized spacial score (nSPS) is 10.7. The average Bonchev–Trinajstić information content (AvgIpc) is 2.16. The third-order valence-corrected chi connectivity index (χ3v) is 2.46. The van der Waals surface area contributed by atoms with Crippen LogP contribution < -0.4 is 0 Å². The molecule has 0 atom stereocenters. The number of alkyl halides is 3. The lowest BCUT2D eigenvalue weighted by Crippen LogP contribution is -2.02. The highest BCUT2D eigenvalue weighted by atomic mass is 79.9. The molecule has 0 bridgehead atoms. The zero-order valence-electron chi connectivity index (χ0n) is 7.71. The molecular formula is C8H7BrF2N2O2. The number of pyridine rings is 1. The molecule has 0 aliphatic heterocycles. The fourth-order valence-corrected chi connectivity index (χ4v) is 1.54. The summed E-state index contributed by atoms with van der Waals surface area (Å²) in [5.74, 6) is -0.381. The average molecular weight is 281 g/mol. The van der Waals surface area contributed by atoms with Crippen molar-refractivity contribution >= 4 is 21.7 Å². The Morgan fingerprint density at radius 1 is 1.67 bits per heavy atom. The maximum atomic E-state index is 12.5. The number of halogens is 3. The van der Waals surface area contributed by atoms with Crippen molar-refractivity contribution in [1.82, 2.24) is 4.98 Å². The highest BCUT2D eigenvalue weighted by Gasteiger charge is 2.22. The second-order valence-electron chi connectivity index (χ2n) is 2.84. The Morgan fingerprint density at radius 2 is 2.27 bits per heavy atom. The summed E-state index contributed by atoms with van der Waals surface area (Å²) in [4.78, 5) is 13.4. The van der Waals surface area contributed by atoms with Gasteiger partial charge in [-0.15, -0.1) is 0 Å². The van der Waals surface area contributed by atoms with Gasteiger partial charge in [-0.3, -0.25) is 0 Å². The van der Waals surface area contributed by atoms with E-state index in [9.17, 15) is 18.9 Å².